The molecule has 0 atom stereocenters. The van der Waals surface area contributed by atoms with Crippen molar-refractivity contribution >= 4 is 17.0 Å². The van der Waals surface area contributed by atoms with Gasteiger partial charge in [0.05, 0.1) is 5.69 Å². The van der Waals surface area contributed by atoms with Gasteiger partial charge in [-0.15, -0.1) is 11.3 Å². The average Bonchev–Trinajstić information content (AvgIpc) is 2.97. The fourth-order valence-electron chi connectivity index (χ4n) is 2.90. The van der Waals surface area contributed by atoms with Crippen LogP contribution in [0.15, 0.2) is 42.7 Å². The smallest absolute Gasteiger partial charge is 0.124 e. The average molecular weight is 307 g/mol. The summed E-state index contributed by atoms with van der Waals surface area (Å²) in [5.74, 6) is 0. The lowest BCUT2D eigenvalue weighted by Gasteiger charge is -2.18. The molecule has 2 aromatic heterocycles. The van der Waals surface area contributed by atoms with Crippen molar-refractivity contribution in [3.63, 3.8) is 0 Å². The Balaban J connectivity index is 1.75. The lowest BCUT2D eigenvalue weighted by atomic mass is 9.99. The molecule has 0 amide bonds. The summed E-state index contributed by atoms with van der Waals surface area (Å²) in [7, 11) is 0. The molecular formula is C18H17N3S. The van der Waals surface area contributed by atoms with Gasteiger partial charge in [0.2, 0.25) is 0 Å². The van der Waals surface area contributed by atoms with Crippen LogP contribution >= 0.6 is 11.3 Å². The second-order valence-corrected chi connectivity index (χ2v) is 6.77. The van der Waals surface area contributed by atoms with Crippen LogP contribution in [-0.4, -0.2) is 16.5 Å². The lowest BCUT2D eigenvalue weighted by Crippen LogP contribution is -2.11. The number of pyridine rings is 1. The van der Waals surface area contributed by atoms with Crippen LogP contribution in [0.25, 0.3) is 21.8 Å². The van der Waals surface area contributed by atoms with Crippen LogP contribution in [0.5, 0.6) is 0 Å². The Morgan fingerprint density at radius 2 is 1.95 bits per heavy atom. The van der Waals surface area contributed by atoms with Crippen molar-refractivity contribution in [2.45, 2.75) is 19.8 Å². The predicted octanol–water partition coefficient (Wildman–Crippen LogP) is 4.54. The minimum atomic E-state index is 1.06. The molecule has 1 aliphatic heterocycles. The minimum Gasteiger partial charge on any atom is -0.385 e. The quantitative estimate of drug-likeness (QED) is 0.755. The highest BCUT2D eigenvalue weighted by atomic mass is 32.1. The Hall–Kier alpha value is -2.20. The summed E-state index contributed by atoms with van der Waals surface area (Å²) in [6.45, 7) is 3.23. The number of aromatic nitrogens is 2. The van der Waals surface area contributed by atoms with Gasteiger partial charge in [-0.2, -0.15) is 0 Å². The summed E-state index contributed by atoms with van der Waals surface area (Å²) in [6, 6.07) is 10.7. The molecule has 0 aliphatic carbocycles. The standard InChI is InChI=1S/C18H17N3S/c1-12-17(21-18(22-12)13-6-9-19-10-7-13)15-4-5-16-14(11-15)3-2-8-20-16/h4-7,9-11,20H,2-3,8H2,1H3. The van der Waals surface area contributed by atoms with Gasteiger partial charge in [-0.3, -0.25) is 4.98 Å². The van der Waals surface area contributed by atoms with Gasteiger partial charge in [0.1, 0.15) is 5.01 Å². The Labute approximate surface area is 134 Å². The van der Waals surface area contributed by atoms with Crippen LogP contribution in [0.3, 0.4) is 0 Å². The van der Waals surface area contributed by atoms with Crippen LogP contribution in [-0.2, 0) is 6.42 Å². The van der Waals surface area contributed by atoms with E-state index in [0.29, 0.717) is 0 Å². The van der Waals surface area contributed by atoms with E-state index in [9.17, 15) is 0 Å². The largest absolute Gasteiger partial charge is 0.385 e. The number of thiazole rings is 1. The van der Waals surface area contributed by atoms with Gasteiger partial charge in [-0.05, 0) is 49.6 Å². The second kappa shape index (κ2) is 5.54. The molecule has 3 aromatic rings. The van der Waals surface area contributed by atoms with Crippen LogP contribution < -0.4 is 5.32 Å². The molecule has 1 N–H and O–H groups in total. The molecule has 0 saturated carbocycles. The molecule has 0 bridgehead atoms. The minimum absolute atomic E-state index is 1.06. The van der Waals surface area contributed by atoms with Gasteiger partial charge >= 0.3 is 0 Å². The van der Waals surface area contributed by atoms with Crippen LogP contribution in [0.2, 0.25) is 0 Å². The first kappa shape index (κ1) is 13.5. The van der Waals surface area contributed by atoms with Crippen molar-refractivity contribution in [3.8, 4) is 21.8 Å². The predicted molar refractivity (Wildman–Crippen MR) is 92.3 cm³/mol. The maximum absolute atomic E-state index is 4.87. The summed E-state index contributed by atoms with van der Waals surface area (Å²) in [5.41, 5.74) is 6.13. The number of hydrogen-bond donors (Lipinski definition) is 1. The molecule has 3 nitrogen and oxygen atoms in total. The first-order valence-electron chi connectivity index (χ1n) is 7.56. The molecule has 0 radical (unpaired) electrons. The third-order valence-electron chi connectivity index (χ3n) is 4.04. The zero-order valence-corrected chi connectivity index (χ0v) is 13.3. The van der Waals surface area contributed by atoms with Gasteiger partial charge in [-0.25, -0.2) is 4.98 Å². The maximum atomic E-state index is 4.87. The Bertz CT molecular complexity index is 808. The van der Waals surface area contributed by atoms with Gasteiger partial charge in [-0.1, -0.05) is 6.07 Å². The number of nitrogens with zero attached hydrogens (tertiary/aromatic N) is 2. The molecule has 0 spiro atoms. The van der Waals surface area contributed by atoms with Crippen molar-refractivity contribution in [1.82, 2.24) is 9.97 Å². The first-order chi connectivity index (χ1) is 10.8. The van der Waals surface area contributed by atoms with E-state index in [1.807, 2.05) is 24.5 Å². The Morgan fingerprint density at radius 3 is 2.82 bits per heavy atom. The zero-order valence-electron chi connectivity index (χ0n) is 12.5. The van der Waals surface area contributed by atoms with E-state index in [-0.39, 0.29) is 0 Å². The highest BCUT2D eigenvalue weighted by molar-refractivity contribution is 7.15. The number of hydrogen-bond acceptors (Lipinski definition) is 4. The van der Waals surface area contributed by atoms with E-state index < -0.39 is 0 Å². The number of benzene rings is 1. The van der Waals surface area contributed by atoms with E-state index in [2.05, 4.69) is 35.4 Å². The fraction of sp³-hybridized carbons (Fsp3) is 0.222. The summed E-state index contributed by atoms with van der Waals surface area (Å²) in [4.78, 5) is 10.2. The molecule has 0 unspecified atom stereocenters. The third-order valence-corrected chi connectivity index (χ3v) is 5.06. The molecule has 22 heavy (non-hydrogen) atoms. The van der Waals surface area contributed by atoms with Gasteiger partial charge in [0.15, 0.2) is 0 Å². The monoisotopic (exact) mass is 307 g/mol. The maximum Gasteiger partial charge on any atom is 0.124 e. The van der Waals surface area contributed by atoms with E-state index >= 15 is 0 Å². The molecule has 110 valence electrons. The van der Waals surface area contributed by atoms with Crippen molar-refractivity contribution < 1.29 is 0 Å². The molecular weight excluding hydrogens is 290 g/mol. The zero-order chi connectivity index (χ0) is 14.9. The van der Waals surface area contributed by atoms with Gasteiger partial charge < -0.3 is 5.32 Å². The lowest BCUT2D eigenvalue weighted by molar-refractivity contribution is 0.830. The van der Waals surface area contributed by atoms with E-state index in [0.717, 1.165) is 29.2 Å². The summed E-state index contributed by atoms with van der Waals surface area (Å²) in [6.07, 6.45) is 5.98. The van der Waals surface area contributed by atoms with Crippen molar-refractivity contribution in [2.75, 3.05) is 11.9 Å². The van der Waals surface area contributed by atoms with Gasteiger partial charge in [0, 0.05) is 40.6 Å². The number of aryl methyl sites for hydroxylation is 2. The molecule has 0 saturated heterocycles. The van der Waals surface area contributed by atoms with E-state index in [1.54, 1.807) is 11.3 Å². The first-order valence-corrected chi connectivity index (χ1v) is 8.38. The number of rotatable bonds is 2. The van der Waals surface area contributed by atoms with Crippen molar-refractivity contribution in [1.29, 1.82) is 0 Å². The highest BCUT2D eigenvalue weighted by Gasteiger charge is 2.14. The number of fused-ring (bicyclic) bond motifs is 1. The molecule has 1 aromatic carbocycles. The van der Waals surface area contributed by atoms with Crippen LogP contribution in [0.1, 0.15) is 16.9 Å². The number of nitrogens with one attached hydrogen (secondary N) is 1. The highest BCUT2D eigenvalue weighted by Crippen LogP contribution is 2.35. The SMILES string of the molecule is Cc1sc(-c2ccncc2)nc1-c1ccc2c(c1)CCCN2. The van der Waals surface area contributed by atoms with E-state index in [4.69, 9.17) is 4.98 Å². The number of anilines is 1. The summed E-state index contributed by atoms with van der Waals surface area (Å²) in [5, 5.41) is 4.52. The Morgan fingerprint density at radius 1 is 1.09 bits per heavy atom. The van der Waals surface area contributed by atoms with Gasteiger partial charge in [0.25, 0.3) is 0 Å². The molecule has 1 aliphatic rings. The fourth-order valence-corrected chi connectivity index (χ4v) is 3.85. The van der Waals surface area contributed by atoms with Crippen LogP contribution in [0, 0.1) is 6.92 Å². The van der Waals surface area contributed by atoms with E-state index in [1.165, 1.54) is 28.1 Å². The normalized spacial score (nSPS) is 13.5. The second-order valence-electron chi connectivity index (χ2n) is 5.56. The van der Waals surface area contributed by atoms with Crippen molar-refractivity contribution in [2.24, 2.45) is 0 Å². The topological polar surface area (TPSA) is 37.8 Å². The van der Waals surface area contributed by atoms with Crippen LogP contribution in [0.4, 0.5) is 5.69 Å². The molecule has 0 fully saturated rings. The molecule has 4 heteroatoms. The third kappa shape index (κ3) is 2.40. The van der Waals surface area contributed by atoms with Crippen molar-refractivity contribution in [3.05, 3.63) is 53.2 Å². The summed E-state index contributed by atoms with van der Waals surface area (Å²) < 4.78 is 0. The summed E-state index contributed by atoms with van der Waals surface area (Å²) >= 11 is 1.75. The molecule has 3 heterocycles. The Kier molecular flexibility index (Phi) is 3.39. The molecule has 4 rings (SSSR count).